The molecule has 5 rings (SSSR count). The number of fused-ring (bicyclic) bond motifs is 2. The molecule has 5 nitrogen and oxygen atoms in total. The summed E-state index contributed by atoms with van der Waals surface area (Å²) in [5.74, 6) is -0.466. The Bertz CT molecular complexity index is 1560. The fourth-order valence-corrected chi connectivity index (χ4v) is 4.96. The van der Waals surface area contributed by atoms with E-state index in [-0.39, 0.29) is 5.57 Å². The van der Waals surface area contributed by atoms with Crippen molar-refractivity contribution in [1.82, 2.24) is 9.55 Å². The zero-order valence-electron chi connectivity index (χ0n) is 18.2. The maximum Gasteiger partial charge on any atom is 0.268 e. The lowest BCUT2D eigenvalue weighted by Crippen LogP contribution is -2.13. The van der Waals surface area contributed by atoms with Crippen molar-refractivity contribution >= 4 is 49.4 Å². The molecule has 0 unspecified atom stereocenters. The molecular formula is C27H20N4OS. The van der Waals surface area contributed by atoms with E-state index in [2.05, 4.69) is 39.1 Å². The van der Waals surface area contributed by atoms with Gasteiger partial charge >= 0.3 is 0 Å². The van der Waals surface area contributed by atoms with Crippen molar-refractivity contribution in [2.75, 3.05) is 5.32 Å². The van der Waals surface area contributed by atoms with Crippen LogP contribution in [0.4, 0.5) is 5.13 Å². The summed E-state index contributed by atoms with van der Waals surface area (Å²) in [6, 6.07) is 26.2. The van der Waals surface area contributed by atoms with Gasteiger partial charge in [0.15, 0.2) is 5.13 Å². The molecular weight excluding hydrogens is 428 g/mol. The van der Waals surface area contributed by atoms with Crippen LogP contribution in [-0.4, -0.2) is 15.5 Å². The molecule has 6 heteroatoms. The van der Waals surface area contributed by atoms with Crippen molar-refractivity contribution in [3.8, 4) is 11.8 Å². The van der Waals surface area contributed by atoms with Crippen molar-refractivity contribution in [3.63, 3.8) is 0 Å². The molecule has 5 aromatic rings. The Kier molecular flexibility index (Phi) is 5.25. The fraction of sp³-hybridized carbons (Fsp3) is 0.0741. The second-order valence-corrected chi connectivity index (χ2v) is 8.80. The lowest BCUT2D eigenvalue weighted by atomic mass is 10.1. The summed E-state index contributed by atoms with van der Waals surface area (Å²) in [6.45, 7) is 4.03. The van der Waals surface area contributed by atoms with Crippen LogP contribution in [0.3, 0.4) is 0 Å². The number of carbonyl (C=O) groups is 1. The third-order valence-electron chi connectivity index (χ3n) is 5.66. The molecule has 0 atom stereocenters. The molecule has 2 heterocycles. The highest BCUT2D eigenvalue weighted by atomic mass is 32.1. The minimum atomic E-state index is -0.466. The summed E-state index contributed by atoms with van der Waals surface area (Å²) < 4.78 is 3.14. The lowest BCUT2D eigenvalue weighted by Gasteiger charge is -2.13. The molecule has 0 fully saturated rings. The van der Waals surface area contributed by atoms with Crippen molar-refractivity contribution in [2.24, 2.45) is 0 Å². The van der Waals surface area contributed by atoms with E-state index in [0.717, 1.165) is 43.6 Å². The SMILES string of the molecule is Cc1cc(/C=C(\C#N)C(=O)Nc2nc3ccccc3s2)c(C)n1-c1cccc2ccccc12. The van der Waals surface area contributed by atoms with Gasteiger partial charge in [-0.15, -0.1) is 0 Å². The van der Waals surface area contributed by atoms with Crippen molar-refractivity contribution < 1.29 is 4.79 Å². The molecule has 1 N–H and O–H groups in total. The van der Waals surface area contributed by atoms with Crippen molar-refractivity contribution in [3.05, 3.63) is 95.3 Å². The zero-order chi connectivity index (χ0) is 22.9. The van der Waals surface area contributed by atoms with E-state index in [1.807, 2.05) is 68.4 Å². The van der Waals surface area contributed by atoms with Gasteiger partial charge in [-0.1, -0.05) is 59.9 Å². The molecule has 33 heavy (non-hydrogen) atoms. The summed E-state index contributed by atoms with van der Waals surface area (Å²) in [4.78, 5) is 17.3. The Morgan fingerprint density at radius 3 is 2.64 bits per heavy atom. The standard InChI is InChI=1S/C27H20N4OS/c1-17-14-20(18(2)31(17)24-12-7-9-19-8-3-4-10-22(19)24)15-21(16-28)26(32)30-27-29-23-11-5-6-13-25(23)33-27/h3-15H,1-2H3,(H,29,30,32)/b21-15+. The van der Waals surface area contributed by atoms with Gasteiger partial charge in [0, 0.05) is 16.8 Å². The van der Waals surface area contributed by atoms with Crippen LogP contribution in [0.5, 0.6) is 0 Å². The van der Waals surface area contributed by atoms with Gasteiger partial charge in [0.1, 0.15) is 11.6 Å². The van der Waals surface area contributed by atoms with Crippen LogP contribution < -0.4 is 5.32 Å². The van der Waals surface area contributed by atoms with E-state index < -0.39 is 5.91 Å². The number of aromatic nitrogens is 2. The number of thiazole rings is 1. The van der Waals surface area contributed by atoms with E-state index in [1.54, 1.807) is 6.08 Å². The summed E-state index contributed by atoms with van der Waals surface area (Å²) in [5, 5.41) is 15.2. The second-order valence-electron chi connectivity index (χ2n) is 7.77. The van der Waals surface area contributed by atoms with Gasteiger partial charge in [-0.05, 0) is 55.1 Å². The number of hydrogen-bond acceptors (Lipinski definition) is 4. The Labute approximate surface area is 195 Å². The average molecular weight is 449 g/mol. The van der Waals surface area contributed by atoms with E-state index >= 15 is 0 Å². The fourth-order valence-electron chi connectivity index (χ4n) is 4.10. The van der Waals surface area contributed by atoms with Gasteiger partial charge in [0.25, 0.3) is 5.91 Å². The summed E-state index contributed by atoms with van der Waals surface area (Å²) in [6.07, 6.45) is 1.65. The normalized spacial score (nSPS) is 11.6. The molecule has 3 aromatic carbocycles. The lowest BCUT2D eigenvalue weighted by molar-refractivity contribution is -0.112. The molecule has 2 aromatic heterocycles. The van der Waals surface area contributed by atoms with Crippen LogP contribution in [-0.2, 0) is 4.79 Å². The topological polar surface area (TPSA) is 70.7 Å². The number of aryl methyl sites for hydroxylation is 1. The first-order chi connectivity index (χ1) is 16.0. The molecule has 0 spiro atoms. The number of rotatable bonds is 4. The van der Waals surface area contributed by atoms with E-state index in [9.17, 15) is 10.1 Å². The number of benzene rings is 3. The van der Waals surface area contributed by atoms with Crippen LogP contribution in [0.25, 0.3) is 32.8 Å². The minimum absolute atomic E-state index is 0.0347. The first-order valence-corrected chi connectivity index (χ1v) is 11.3. The van der Waals surface area contributed by atoms with Gasteiger partial charge in [-0.25, -0.2) is 4.98 Å². The van der Waals surface area contributed by atoms with Crippen LogP contribution in [0.15, 0.2) is 78.4 Å². The molecule has 0 aliphatic rings. The highest BCUT2D eigenvalue weighted by Gasteiger charge is 2.16. The largest absolute Gasteiger partial charge is 0.317 e. The first-order valence-electron chi connectivity index (χ1n) is 10.5. The smallest absolute Gasteiger partial charge is 0.268 e. The molecule has 0 aliphatic heterocycles. The first kappa shape index (κ1) is 20.7. The van der Waals surface area contributed by atoms with Crippen LogP contribution in [0.1, 0.15) is 17.0 Å². The van der Waals surface area contributed by atoms with Crippen molar-refractivity contribution in [1.29, 1.82) is 5.26 Å². The number of hydrogen-bond donors (Lipinski definition) is 1. The number of carbonyl (C=O) groups excluding carboxylic acids is 1. The Morgan fingerprint density at radius 2 is 1.82 bits per heavy atom. The predicted octanol–water partition coefficient (Wildman–Crippen LogP) is 6.40. The number of amides is 1. The van der Waals surface area contributed by atoms with E-state index in [0.29, 0.717) is 5.13 Å². The Hall–Kier alpha value is -4.21. The maximum atomic E-state index is 12.8. The maximum absolute atomic E-state index is 12.8. The number of nitriles is 1. The molecule has 0 saturated carbocycles. The highest BCUT2D eigenvalue weighted by Crippen LogP contribution is 2.29. The van der Waals surface area contributed by atoms with Gasteiger partial charge < -0.3 is 4.57 Å². The van der Waals surface area contributed by atoms with E-state index in [4.69, 9.17) is 0 Å². The summed E-state index contributed by atoms with van der Waals surface area (Å²) in [7, 11) is 0. The molecule has 160 valence electrons. The molecule has 0 bridgehead atoms. The third-order valence-corrected chi connectivity index (χ3v) is 6.61. The van der Waals surface area contributed by atoms with Gasteiger partial charge in [0.2, 0.25) is 0 Å². The molecule has 0 radical (unpaired) electrons. The van der Waals surface area contributed by atoms with E-state index in [1.165, 1.54) is 11.3 Å². The molecule has 0 aliphatic carbocycles. The van der Waals surface area contributed by atoms with Gasteiger partial charge in [-0.2, -0.15) is 5.26 Å². The Balaban J connectivity index is 1.50. The van der Waals surface area contributed by atoms with Gasteiger partial charge in [0.05, 0.1) is 15.9 Å². The summed E-state index contributed by atoms with van der Waals surface area (Å²) >= 11 is 1.38. The highest BCUT2D eigenvalue weighted by molar-refractivity contribution is 7.22. The number of anilines is 1. The van der Waals surface area contributed by atoms with Crippen LogP contribution in [0, 0.1) is 25.2 Å². The van der Waals surface area contributed by atoms with Crippen LogP contribution >= 0.6 is 11.3 Å². The minimum Gasteiger partial charge on any atom is -0.317 e. The third kappa shape index (κ3) is 3.79. The second kappa shape index (κ2) is 8.38. The number of nitrogens with one attached hydrogen (secondary N) is 1. The Morgan fingerprint density at radius 1 is 1.06 bits per heavy atom. The molecule has 1 amide bonds. The summed E-state index contributed by atoms with van der Waals surface area (Å²) in [5.41, 5.74) is 4.74. The average Bonchev–Trinajstić information content (AvgIpc) is 3.36. The number of nitrogens with zero attached hydrogens (tertiary/aromatic N) is 3. The van der Waals surface area contributed by atoms with Gasteiger partial charge in [-0.3, -0.25) is 10.1 Å². The zero-order valence-corrected chi connectivity index (χ0v) is 19.0. The monoisotopic (exact) mass is 448 g/mol. The van der Waals surface area contributed by atoms with Crippen LogP contribution in [0.2, 0.25) is 0 Å². The quantitative estimate of drug-likeness (QED) is 0.255. The number of para-hydroxylation sites is 1. The van der Waals surface area contributed by atoms with Crippen molar-refractivity contribution in [2.45, 2.75) is 13.8 Å². The predicted molar refractivity (Wildman–Crippen MR) is 135 cm³/mol. The molecule has 0 saturated heterocycles.